The molecule has 30 heavy (non-hydrogen) atoms. The van der Waals surface area contributed by atoms with Crippen LogP contribution in [-0.2, 0) is 6.54 Å². The summed E-state index contributed by atoms with van der Waals surface area (Å²) >= 11 is 0. The van der Waals surface area contributed by atoms with Gasteiger partial charge in [0.05, 0.1) is 11.3 Å². The third-order valence-corrected chi connectivity index (χ3v) is 5.25. The molecular formula is C22H21N5O3. The third kappa shape index (κ3) is 3.63. The number of aromatic nitrogens is 3. The average Bonchev–Trinajstić information content (AvgIpc) is 3.49. The summed E-state index contributed by atoms with van der Waals surface area (Å²) in [7, 11) is 0. The summed E-state index contributed by atoms with van der Waals surface area (Å²) < 4.78 is 10.7. The number of anilines is 1. The SMILES string of the molecule is O=C(NCc1ccc2c(c1)OCO2)c1cnc(N2CCCC2)nc1-c1ccncc1. The van der Waals surface area contributed by atoms with Crippen molar-refractivity contribution in [3.05, 3.63) is 60.0 Å². The van der Waals surface area contributed by atoms with E-state index in [4.69, 9.17) is 14.5 Å². The normalized spacial score (nSPS) is 14.7. The highest BCUT2D eigenvalue weighted by Crippen LogP contribution is 2.32. The van der Waals surface area contributed by atoms with Crippen LogP contribution in [-0.4, -0.2) is 40.7 Å². The van der Waals surface area contributed by atoms with Gasteiger partial charge in [-0.15, -0.1) is 0 Å². The van der Waals surface area contributed by atoms with Crippen LogP contribution < -0.4 is 19.7 Å². The van der Waals surface area contributed by atoms with Crippen LogP contribution in [0.5, 0.6) is 11.5 Å². The number of pyridine rings is 1. The fourth-order valence-electron chi connectivity index (χ4n) is 3.67. The zero-order valence-corrected chi connectivity index (χ0v) is 16.4. The Kier molecular flexibility index (Phi) is 4.88. The van der Waals surface area contributed by atoms with E-state index in [0.29, 0.717) is 29.5 Å². The molecule has 4 heterocycles. The van der Waals surface area contributed by atoms with Crippen LogP contribution in [0.25, 0.3) is 11.3 Å². The minimum atomic E-state index is -0.229. The van der Waals surface area contributed by atoms with Crippen LogP contribution in [0.1, 0.15) is 28.8 Å². The Bertz CT molecular complexity index is 1070. The number of nitrogens with one attached hydrogen (secondary N) is 1. The van der Waals surface area contributed by atoms with Crippen LogP contribution >= 0.6 is 0 Å². The lowest BCUT2D eigenvalue weighted by Gasteiger charge is -2.17. The molecule has 0 unspecified atom stereocenters. The van der Waals surface area contributed by atoms with Crippen LogP contribution in [0.15, 0.2) is 48.9 Å². The second-order valence-corrected chi connectivity index (χ2v) is 7.23. The summed E-state index contributed by atoms with van der Waals surface area (Å²) in [5.41, 5.74) is 2.80. The first-order chi connectivity index (χ1) is 14.8. The fourth-order valence-corrected chi connectivity index (χ4v) is 3.67. The number of fused-ring (bicyclic) bond motifs is 1. The zero-order valence-electron chi connectivity index (χ0n) is 16.4. The summed E-state index contributed by atoms with van der Waals surface area (Å²) in [6.07, 6.45) is 7.27. The Morgan fingerprint density at radius 2 is 1.87 bits per heavy atom. The number of carbonyl (C=O) groups excluding carboxylic acids is 1. The van der Waals surface area contributed by atoms with Crippen molar-refractivity contribution in [2.24, 2.45) is 0 Å². The highest BCUT2D eigenvalue weighted by molar-refractivity contribution is 5.99. The number of hydrogen-bond acceptors (Lipinski definition) is 7. The number of benzene rings is 1. The number of carbonyl (C=O) groups is 1. The number of rotatable bonds is 5. The summed E-state index contributed by atoms with van der Waals surface area (Å²) in [4.78, 5) is 28.4. The van der Waals surface area contributed by atoms with Gasteiger partial charge in [-0.1, -0.05) is 6.07 Å². The molecule has 8 nitrogen and oxygen atoms in total. The molecule has 2 aromatic heterocycles. The molecule has 0 saturated carbocycles. The number of nitrogens with zero attached hydrogens (tertiary/aromatic N) is 4. The molecule has 2 aliphatic heterocycles. The molecule has 1 amide bonds. The Morgan fingerprint density at radius 1 is 1.07 bits per heavy atom. The van der Waals surface area contributed by atoms with Gasteiger partial charge in [0.1, 0.15) is 0 Å². The van der Waals surface area contributed by atoms with Gasteiger partial charge in [0.25, 0.3) is 5.91 Å². The molecule has 5 rings (SSSR count). The van der Waals surface area contributed by atoms with Crippen molar-refractivity contribution < 1.29 is 14.3 Å². The smallest absolute Gasteiger partial charge is 0.255 e. The molecule has 0 radical (unpaired) electrons. The van der Waals surface area contributed by atoms with E-state index in [1.54, 1.807) is 18.6 Å². The Hall–Kier alpha value is -3.68. The van der Waals surface area contributed by atoms with Gasteiger partial charge in [0, 0.05) is 43.8 Å². The number of amides is 1. The van der Waals surface area contributed by atoms with Gasteiger partial charge < -0.3 is 19.7 Å². The molecule has 0 spiro atoms. The largest absolute Gasteiger partial charge is 0.454 e. The molecule has 2 aliphatic rings. The molecule has 0 aliphatic carbocycles. The van der Waals surface area contributed by atoms with Crippen LogP contribution in [0.4, 0.5) is 5.95 Å². The maximum Gasteiger partial charge on any atom is 0.255 e. The van der Waals surface area contributed by atoms with Gasteiger partial charge in [-0.2, -0.15) is 0 Å². The van der Waals surface area contributed by atoms with Gasteiger partial charge in [-0.25, -0.2) is 9.97 Å². The minimum Gasteiger partial charge on any atom is -0.454 e. The van der Waals surface area contributed by atoms with E-state index in [9.17, 15) is 4.79 Å². The standard InChI is InChI=1S/C22H21N5O3/c28-21(24-12-15-3-4-18-19(11-15)30-14-29-18)17-13-25-22(27-9-1-2-10-27)26-20(17)16-5-7-23-8-6-16/h3-8,11,13H,1-2,9-10,12,14H2,(H,24,28). The highest BCUT2D eigenvalue weighted by Gasteiger charge is 2.21. The zero-order chi connectivity index (χ0) is 20.3. The van der Waals surface area contributed by atoms with E-state index in [2.05, 4.69) is 20.2 Å². The summed E-state index contributed by atoms with van der Waals surface area (Å²) in [5.74, 6) is 1.84. The van der Waals surface area contributed by atoms with E-state index in [-0.39, 0.29) is 12.7 Å². The summed E-state index contributed by atoms with van der Waals surface area (Å²) in [6, 6.07) is 9.33. The molecule has 1 aromatic carbocycles. The maximum absolute atomic E-state index is 13.0. The molecule has 0 atom stereocenters. The first kappa shape index (κ1) is 18.4. The molecule has 1 N–H and O–H groups in total. The molecule has 8 heteroatoms. The van der Waals surface area contributed by atoms with Crippen molar-refractivity contribution in [2.45, 2.75) is 19.4 Å². The van der Waals surface area contributed by atoms with Gasteiger partial charge in [-0.3, -0.25) is 9.78 Å². The monoisotopic (exact) mass is 403 g/mol. The van der Waals surface area contributed by atoms with Gasteiger partial charge in [-0.05, 0) is 42.7 Å². The van der Waals surface area contributed by atoms with E-state index in [1.165, 1.54) is 0 Å². The highest BCUT2D eigenvalue weighted by atomic mass is 16.7. The maximum atomic E-state index is 13.0. The Balaban J connectivity index is 1.40. The Labute approximate surface area is 173 Å². The lowest BCUT2D eigenvalue weighted by Crippen LogP contribution is -2.26. The fraction of sp³-hybridized carbons (Fsp3) is 0.273. The van der Waals surface area contributed by atoms with Crippen molar-refractivity contribution in [2.75, 3.05) is 24.8 Å². The van der Waals surface area contributed by atoms with Crippen LogP contribution in [0.2, 0.25) is 0 Å². The van der Waals surface area contributed by atoms with Crippen LogP contribution in [0, 0.1) is 0 Å². The molecule has 1 saturated heterocycles. The average molecular weight is 403 g/mol. The van der Waals surface area contributed by atoms with Gasteiger partial charge in [0.2, 0.25) is 12.7 Å². The van der Waals surface area contributed by atoms with E-state index >= 15 is 0 Å². The molecule has 3 aromatic rings. The third-order valence-electron chi connectivity index (χ3n) is 5.25. The lowest BCUT2D eigenvalue weighted by atomic mass is 10.1. The van der Waals surface area contributed by atoms with Crippen LogP contribution in [0.3, 0.4) is 0 Å². The molecule has 1 fully saturated rings. The van der Waals surface area contributed by atoms with E-state index in [1.807, 2.05) is 30.3 Å². The van der Waals surface area contributed by atoms with Crippen molar-refractivity contribution in [1.29, 1.82) is 0 Å². The topological polar surface area (TPSA) is 89.5 Å². The van der Waals surface area contributed by atoms with Crippen molar-refractivity contribution >= 4 is 11.9 Å². The molecule has 152 valence electrons. The second kappa shape index (κ2) is 7.98. The summed E-state index contributed by atoms with van der Waals surface area (Å²) in [5, 5.41) is 2.96. The number of hydrogen-bond donors (Lipinski definition) is 1. The van der Waals surface area contributed by atoms with Gasteiger partial charge >= 0.3 is 0 Å². The van der Waals surface area contributed by atoms with Crippen molar-refractivity contribution in [3.63, 3.8) is 0 Å². The summed E-state index contributed by atoms with van der Waals surface area (Å²) in [6.45, 7) is 2.46. The molecular weight excluding hydrogens is 382 g/mol. The first-order valence-corrected chi connectivity index (χ1v) is 9.97. The Morgan fingerprint density at radius 3 is 2.70 bits per heavy atom. The first-order valence-electron chi connectivity index (χ1n) is 9.97. The second-order valence-electron chi connectivity index (χ2n) is 7.23. The van der Waals surface area contributed by atoms with Crippen molar-refractivity contribution in [3.8, 4) is 22.8 Å². The van der Waals surface area contributed by atoms with E-state index < -0.39 is 0 Å². The van der Waals surface area contributed by atoms with E-state index in [0.717, 1.165) is 42.8 Å². The minimum absolute atomic E-state index is 0.223. The quantitative estimate of drug-likeness (QED) is 0.701. The van der Waals surface area contributed by atoms with Crippen molar-refractivity contribution in [1.82, 2.24) is 20.3 Å². The lowest BCUT2D eigenvalue weighted by molar-refractivity contribution is 0.0951. The predicted molar refractivity (Wildman–Crippen MR) is 110 cm³/mol. The number of ether oxygens (including phenoxy) is 2. The predicted octanol–water partition coefficient (Wildman–Crippen LogP) is 2.80. The van der Waals surface area contributed by atoms with Gasteiger partial charge in [0.15, 0.2) is 11.5 Å². The molecule has 0 bridgehead atoms.